The van der Waals surface area contributed by atoms with Crippen LogP contribution in [0.25, 0.3) is 0 Å². The van der Waals surface area contributed by atoms with Crippen LogP contribution in [-0.2, 0) is 26.7 Å². The van der Waals surface area contributed by atoms with Gasteiger partial charge in [0.05, 0.1) is 4.90 Å². The van der Waals surface area contributed by atoms with E-state index in [0.29, 0.717) is 13.0 Å². The molecule has 0 heterocycles. The van der Waals surface area contributed by atoms with Crippen molar-refractivity contribution in [2.45, 2.75) is 38.1 Å². The van der Waals surface area contributed by atoms with Crippen molar-refractivity contribution in [1.29, 1.82) is 0 Å². The summed E-state index contributed by atoms with van der Waals surface area (Å²) >= 11 is 0. The molecule has 1 rings (SSSR count). The number of sulfonamides is 1. The summed E-state index contributed by atoms with van der Waals surface area (Å²) in [4.78, 5) is 0.195. The number of hydrogen-bond donors (Lipinski definition) is 3. The van der Waals surface area contributed by atoms with Crippen LogP contribution in [0.1, 0.15) is 26.3 Å². The molecule has 0 fully saturated rings. The van der Waals surface area contributed by atoms with Crippen LogP contribution < -0.4 is 14.2 Å². The largest absolute Gasteiger partial charge is 0.277 e. The molecule has 0 aliphatic carbocycles. The van der Waals surface area contributed by atoms with Gasteiger partial charge in [0.25, 0.3) is 10.2 Å². The molecule has 22 heavy (non-hydrogen) atoms. The summed E-state index contributed by atoms with van der Waals surface area (Å²) in [5, 5.41) is 0. The molecule has 3 N–H and O–H groups in total. The molecule has 0 atom stereocenters. The molecule has 1 aromatic carbocycles. The van der Waals surface area contributed by atoms with Crippen LogP contribution in [0.5, 0.6) is 0 Å². The summed E-state index contributed by atoms with van der Waals surface area (Å²) in [6.07, 6.45) is 0.473. The first-order valence-electron chi connectivity index (χ1n) is 7.02. The predicted octanol–water partition coefficient (Wildman–Crippen LogP) is 0.360. The van der Waals surface area contributed by atoms with Crippen LogP contribution >= 0.6 is 0 Å². The van der Waals surface area contributed by atoms with Crippen molar-refractivity contribution in [3.05, 3.63) is 29.8 Å². The molecule has 1 aromatic rings. The highest BCUT2D eigenvalue weighted by Gasteiger charge is 2.12. The number of nitrogens with one attached hydrogen (secondary N) is 3. The van der Waals surface area contributed by atoms with Gasteiger partial charge in [0, 0.05) is 19.1 Å². The van der Waals surface area contributed by atoms with Gasteiger partial charge in [0.1, 0.15) is 0 Å². The topological polar surface area (TPSA) is 104 Å². The van der Waals surface area contributed by atoms with Gasteiger partial charge in [-0.1, -0.05) is 19.1 Å². The van der Waals surface area contributed by atoms with Gasteiger partial charge >= 0.3 is 0 Å². The molecule has 0 radical (unpaired) electrons. The number of rotatable bonds is 9. The highest BCUT2D eigenvalue weighted by atomic mass is 32.2. The summed E-state index contributed by atoms with van der Waals surface area (Å²) in [6, 6.07) is 6.19. The summed E-state index contributed by atoms with van der Waals surface area (Å²) in [7, 11) is -6.95. The zero-order valence-electron chi connectivity index (χ0n) is 13.0. The van der Waals surface area contributed by atoms with E-state index in [9.17, 15) is 16.8 Å². The third-order valence-corrected chi connectivity index (χ3v) is 5.59. The summed E-state index contributed by atoms with van der Waals surface area (Å²) in [5.74, 6) is 0. The van der Waals surface area contributed by atoms with Crippen molar-refractivity contribution >= 4 is 20.2 Å². The van der Waals surface area contributed by atoms with E-state index in [-0.39, 0.29) is 17.5 Å². The summed E-state index contributed by atoms with van der Waals surface area (Å²) in [6.45, 7) is 5.75. The lowest BCUT2D eigenvalue weighted by atomic mass is 10.2. The minimum absolute atomic E-state index is 0.173. The maximum Gasteiger partial charge on any atom is 0.277 e. The van der Waals surface area contributed by atoms with Gasteiger partial charge in [-0.25, -0.2) is 17.9 Å². The SMILES string of the molecule is CCNS(=O)(=O)c1ccc(CCNS(=O)(=O)NC(C)C)cc1. The van der Waals surface area contributed by atoms with Crippen molar-refractivity contribution in [2.24, 2.45) is 0 Å². The average molecular weight is 349 g/mol. The van der Waals surface area contributed by atoms with Gasteiger partial charge in [-0.3, -0.25) is 0 Å². The lowest BCUT2D eigenvalue weighted by Crippen LogP contribution is -2.41. The first kappa shape index (κ1) is 19.0. The van der Waals surface area contributed by atoms with Gasteiger partial charge in [-0.15, -0.1) is 0 Å². The molecule has 0 aliphatic rings. The Morgan fingerprint density at radius 3 is 2.09 bits per heavy atom. The monoisotopic (exact) mass is 349 g/mol. The van der Waals surface area contributed by atoms with Crippen LogP contribution in [-0.4, -0.2) is 36.0 Å². The Morgan fingerprint density at radius 2 is 1.59 bits per heavy atom. The smallest absolute Gasteiger partial charge is 0.211 e. The van der Waals surface area contributed by atoms with Gasteiger partial charge in [0.15, 0.2) is 0 Å². The molecule has 126 valence electrons. The second-order valence-corrected chi connectivity index (χ2v) is 8.36. The third-order valence-electron chi connectivity index (χ3n) is 2.66. The van der Waals surface area contributed by atoms with Crippen LogP contribution in [0.15, 0.2) is 29.2 Å². The van der Waals surface area contributed by atoms with Gasteiger partial charge in [0.2, 0.25) is 10.0 Å². The van der Waals surface area contributed by atoms with E-state index in [1.54, 1.807) is 32.9 Å². The molecule has 0 saturated carbocycles. The predicted molar refractivity (Wildman–Crippen MR) is 86.2 cm³/mol. The first-order chi connectivity index (χ1) is 10.2. The highest BCUT2D eigenvalue weighted by molar-refractivity contribution is 7.89. The van der Waals surface area contributed by atoms with E-state index in [4.69, 9.17) is 0 Å². The molecule has 0 aromatic heterocycles. The van der Waals surface area contributed by atoms with Gasteiger partial charge < -0.3 is 0 Å². The Morgan fingerprint density at radius 1 is 1.00 bits per heavy atom. The van der Waals surface area contributed by atoms with Gasteiger partial charge in [-0.05, 0) is 38.0 Å². The Hall–Kier alpha value is -1.00. The first-order valence-corrected chi connectivity index (χ1v) is 9.98. The van der Waals surface area contributed by atoms with Crippen molar-refractivity contribution in [2.75, 3.05) is 13.1 Å². The fourth-order valence-corrected chi connectivity index (χ4v) is 3.91. The highest BCUT2D eigenvalue weighted by Crippen LogP contribution is 2.10. The lowest BCUT2D eigenvalue weighted by Gasteiger charge is -2.10. The van der Waals surface area contributed by atoms with Crippen molar-refractivity contribution in [1.82, 2.24) is 14.2 Å². The van der Waals surface area contributed by atoms with Crippen LogP contribution in [0.3, 0.4) is 0 Å². The number of benzene rings is 1. The molecule has 0 bridgehead atoms. The molecule has 0 amide bonds. The van der Waals surface area contributed by atoms with E-state index in [1.165, 1.54) is 12.1 Å². The Bertz CT molecular complexity index is 668. The van der Waals surface area contributed by atoms with Crippen molar-refractivity contribution < 1.29 is 16.8 Å². The molecule has 7 nitrogen and oxygen atoms in total. The molecule has 9 heteroatoms. The van der Waals surface area contributed by atoms with Crippen molar-refractivity contribution in [3.63, 3.8) is 0 Å². The standard InChI is InChI=1S/C13H23N3O4S2/c1-4-14-21(17,18)13-7-5-12(6-8-13)9-10-15-22(19,20)16-11(2)3/h5-8,11,14-16H,4,9-10H2,1-3H3. The second-order valence-electron chi connectivity index (χ2n) is 5.07. The van der Waals surface area contributed by atoms with Crippen LogP contribution in [0.4, 0.5) is 0 Å². The third kappa shape index (κ3) is 6.41. The van der Waals surface area contributed by atoms with Crippen LogP contribution in [0, 0.1) is 0 Å². The van der Waals surface area contributed by atoms with Crippen LogP contribution in [0.2, 0.25) is 0 Å². The van der Waals surface area contributed by atoms with Gasteiger partial charge in [-0.2, -0.15) is 13.1 Å². The molecular formula is C13H23N3O4S2. The minimum Gasteiger partial charge on any atom is -0.211 e. The lowest BCUT2D eigenvalue weighted by molar-refractivity contribution is 0.555. The van der Waals surface area contributed by atoms with E-state index >= 15 is 0 Å². The normalized spacial score (nSPS) is 12.7. The molecule has 0 saturated heterocycles. The fourth-order valence-electron chi connectivity index (χ4n) is 1.79. The average Bonchev–Trinajstić information content (AvgIpc) is 2.37. The molecule has 0 spiro atoms. The minimum atomic E-state index is -3.50. The fraction of sp³-hybridized carbons (Fsp3) is 0.538. The Labute approximate surface area is 132 Å². The van der Waals surface area contributed by atoms with Crippen molar-refractivity contribution in [3.8, 4) is 0 Å². The number of hydrogen-bond acceptors (Lipinski definition) is 4. The zero-order chi connectivity index (χ0) is 16.8. The molecular weight excluding hydrogens is 326 g/mol. The van der Waals surface area contributed by atoms with E-state index < -0.39 is 20.2 Å². The molecule has 0 unspecified atom stereocenters. The quantitative estimate of drug-likeness (QED) is 0.599. The zero-order valence-corrected chi connectivity index (χ0v) is 14.6. The van der Waals surface area contributed by atoms with E-state index in [1.807, 2.05) is 0 Å². The molecule has 0 aliphatic heterocycles. The summed E-state index contributed by atoms with van der Waals surface area (Å²) in [5.41, 5.74) is 0.850. The summed E-state index contributed by atoms with van der Waals surface area (Å²) < 4.78 is 54.0. The maximum atomic E-state index is 11.8. The second kappa shape index (κ2) is 8.02. The van der Waals surface area contributed by atoms with E-state index in [2.05, 4.69) is 14.2 Å². The Kier molecular flexibility index (Phi) is 6.95. The Balaban J connectivity index is 2.59. The van der Waals surface area contributed by atoms with E-state index in [0.717, 1.165) is 5.56 Å². The maximum absolute atomic E-state index is 11.8.